The van der Waals surface area contributed by atoms with E-state index in [1.165, 1.54) is 5.56 Å². The Morgan fingerprint density at radius 1 is 0.792 bits per heavy atom. The Kier molecular flexibility index (Phi) is 21.8. The van der Waals surface area contributed by atoms with Crippen molar-refractivity contribution in [3.05, 3.63) is 60.2 Å². The third kappa shape index (κ3) is 17.0. The molecule has 0 N–H and O–H groups in total. The van der Waals surface area contributed by atoms with E-state index in [1.54, 1.807) is 6.92 Å². The Balaban J connectivity index is 2.25. The van der Waals surface area contributed by atoms with Crippen LogP contribution in [0.15, 0.2) is 54.6 Å². The van der Waals surface area contributed by atoms with Crippen molar-refractivity contribution in [2.24, 2.45) is 11.8 Å². The molecule has 9 atom stereocenters. The zero-order chi connectivity index (χ0) is 35.1. The molecule has 0 spiro atoms. The Morgan fingerprint density at radius 2 is 1.40 bits per heavy atom. The van der Waals surface area contributed by atoms with Crippen LogP contribution in [0.5, 0.6) is 0 Å². The summed E-state index contributed by atoms with van der Waals surface area (Å²) in [6.45, 7) is 17.6. The molecule has 274 valence electrons. The molecular formula is C39H64O9. The van der Waals surface area contributed by atoms with Crippen molar-refractivity contribution in [2.45, 2.75) is 144 Å². The quantitative estimate of drug-likeness (QED) is 0.0417. The van der Waals surface area contributed by atoms with Crippen LogP contribution in [0.3, 0.4) is 0 Å². The lowest BCUT2D eigenvalue weighted by atomic mass is 9.89. The van der Waals surface area contributed by atoms with Crippen LogP contribution in [0.25, 0.3) is 0 Å². The number of aryl methyl sites for hydroxylation is 1. The Morgan fingerprint density at radius 3 is 2.04 bits per heavy atom. The van der Waals surface area contributed by atoms with E-state index in [0.717, 1.165) is 32.1 Å². The first-order valence-corrected chi connectivity index (χ1v) is 18.2. The predicted octanol–water partition coefficient (Wildman–Crippen LogP) is 8.16. The molecule has 0 saturated heterocycles. The molecule has 1 aliphatic carbocycles. The molecule has 9 nitrogen and oxygen atoms in total. The van der Waals surface area contributed by atoms with Crippen LogP contribution in [-0.4, -0.2) is 75.9 Å². The second-order valence-corrected chi connectivity index (χ2v) is 12.1. The lowest BCUT2D eigenvalue weighted by Gasteiger charge is -2.27. The molecule has 1 saturated carbocycles. The van der Waals surface area contributed by atoms with Gasteiger partial charge in [0, 0.05) is 45.2 Å². The number of esters is 1. The van der Waals surface area contributed by atoms with Crippen molar-refractivity contribution < 1.29 is 42.7 Å². The van der Waals surface area contributed by atoms with Crippen molar-refractivity contribution in [3.63, 3.8) is 0 Å². The molecule has 1 aromatic rings. The van der Waals surface area contributed by atoms with E-state index in [1.807, 2.05) is 54.5 Å². The number of benzene rings is 1. The molecule has 0 heterocycles. The summed E-state index contributed by atoms with van der Waals surface area (Å²) in [6.07, 6.45) is 12.0. The number of allylic oxidation sites excluding steroid dienone is 2. The highest BCUT2D eigenvalue weighted by Crippen LogP contribution is 2.41. The van der Waals surface area contributed by atoms with Gasteiger partial charge in [-0.2, -0.15) is 0 Å². The van der Waals surface area contributed by atoms with Gasteiger partial charge in [0.15, 0.2) is 25.2 Å². The summed E-state index contributed by atoms with van der Waals surface area (Å²) in [5, 5.41) is 0. The number of hydrogen-bond acceptors (Lipinski definition) is 9. The normalized spacial score (nSPS) is 23.0. The van der Waals surface area contributed by atoms with E-state index in [2.05, 4.69) is 48.6 Å². The fourth-order valence-electron chi connectivity index (χ4n) is 6.19. The second kappa shape index (κ2) is 24.9. The molecule has 0 radical (unpaired) electrons. The van der Waals surface area contributed by atoms with Crippen LogP contribution in [-0.2, 0) is 49.1 Å². The lowest BCUT2D eigenvalue weighted by Crippen LogP contribution is -2.28. The van der Waals surface area contributed by atoms with Gasteiger partial charge in [-0.3, -0.25) is 4.79 Å². The molecule has 1 aromatic carbocycles. The van der Waals surface area contributed by atoms with Gasteiger partial charge in [0.05, 0.1) is 18.3 Å². The molecule has 9 heteroatoms. The second-order valence-electron chi connectivity index (χ2n) is 12.1. The van der Waals surface area contributed by atoms with E-state index in [-0.39, 0.29) is 55.0 Å². The highest BCUT2D eigenvalue weighted by Gasteiger charge is 2.44. The average molecular weight is 677 g/mol. The summed E-state index contributed by atoms with van der Waals surface area (Å²) < 4.78 is 47.4. The molecule has 2 rings (SSSR count). The summed E-state index contributed by atoms with van der Waals surface area (Å²) in [7, 11) is 0. The van der Waals surface area contributed by atoms with E-state index in [4.69, 9.17) is 37.9 Å². The minimum Gasteiger partial charge on any atom is -0.436 e. The summed E-state index contributed by atoms with van der Waals surface area (Å²) in [5.74, 6) is -0.0539. The first-order valence-electron chi connectivity index (χ1n) is 18.2. The van der Waals surface area contributed by atoms with Gasteiger partial charge < -0.3 is 37.9 Å². The molecule has 48 heavy (non-hydrogen) atoms. The zero-order valence-electron chi connectivity index (χ0n) is 30.8. The molecule has 0 aromatic heterocycles. The fourth-order valence-corrected chi connectivity index (χ4v) is 6.19. The summed E-state index contributed by atoms with van der Waals surface area (Å²) >= 11 is 0. The van der Waals surface area contributed by atoms with Gasteiger partial charge in [-0.1, -0.05) is 54.6 Å². The number of unbranched alkanes of at least 4 members (excludes halogenated alkanes) is 1. The Labute approximate surface area is 290 Å². The maximum Gasteiger partial charge on any atom is 0.308 e. The monoisotopic (exact) mass is 676 g/mol. The number of rotatable bonds is 26. The van der Waals surface area contributed by atoms with E-state index in [9.17, 15) is 4.79 Å². The number of ether oxygens (including phenoxy) is 8. The molecule has 0 amide bonds. The largest absolute Gasteiger partial charge is 0.436 e. The van der Waals surface area contributed by atoms with Crippen molar-refractivity contribution in [2.75, 3.05) is 26.4 Å². The smallest absolute Gasteiger partial charge is 0.308 e. The molecule has 3 unspecified atom stereocenters. The van der Waals surface area contributed by atoms with Gasteiger partial charge in [-0.25, -0.2) is 0 Å². The lowest BCUT2D eigenvalue weighted by molar-refractivity contribution is -0.175. The topological polar surface area (TPSA) is 90.9 Å². The molecule has 0 aliphatic heterocycles. The van der Waals surface area contributed by atoms with Crippen LogP contribution in [0.4, 0.5) is 0 Å². The highest BCUT2D eigenvalue weighted by molar-refractivity contribution is 5.69. The van der Waals surface area contributed by atoms with Crippen molar-refractivity contribution >= 4 is 5.97 Å². The van der Waals surface area contributed by atoms with E-state index in [0.29, 0.717) is 39.3 Å². The van der Waals surface area contributed by atoms with Gasteiger partial charge >= 0.3 is 5.97 Å². The maximum atomic E-state index is 12.1. The molecule has 1 fully saturated rings. The van der Waals surface area contributed by atoms with Crippen LogP contribution >= 0.6 is 0 Å². The fraction of sp³-hybridized carbons (Fsp3) is 0.718. The van der Waals surface area contributed by atoms with Gasteiger partial charge in [0.1, 0.15) is 0 Å². The number of hydrogen-bond donors (Lipinski definition) is 0. The first-order chi connectivity index (χ1) is 23.2. The van der Waals surface area contributed by atoms with Crippen molar-refractivity contribution in [1.82, 2.24) is 0 Å². The number of carbonyl (C=O) groups excluding carboxylic acids is 1. The minimum absolute atomic E-state index is 0.0524. The highest BCUT2D eigenvalue weighted by atomic mass is 16.7. The summed E-state index contributed by atoms with van der Waals surface area (Å²) in [4.78, 5) is 12.1. The average Bonchev–Trinajstić information content (AvgIpc) is 3.35. The van der Waals surface area contributed by atoms with Gasteiger partial charge in [0.2, 0.25) is 0 Å². The summed E-state index contributed by atoms with van der Waals surface area (Å²) in [6, 6.07) is 10.5. The molecular weight excluding hydrogens is 612 g/mol. The van der Waals surface area contributed by atoms with E-state index < -0.39 is 6.29 Å². The standard InChI is InChI=1S/C39H64O9/c1-9-41-29(5)45-34(25-24-33-20-16-15-17-21-33)26-27-36-35(22-18-13-14-19-23-39(40)48-32(8)44-12-4)37(46-30(6)42-10-2)28-38(36)47-31(7)43-11-3/h13,15-18,20-21,26-27,29-32,34-38H,9-12,14,19,22-25,28H2,1-8H3/b18-13-,27-26+/t29-,30?,31?,32?,34-,35+,36+,37-,38+/m0/s1. The van der Waals surface area contributed by atoms with Crippen molar-refractivity contribution in [1.29, 1.82) is 0 Å². The van der Waals surface area contributed by atoms with Crippen molar-refractivity contribution in [3.8, 4) is 0 Å². The SMILES string of the molecule is CCOC(C)OC(=O)CCC/C=C\C[C@@H]1[C@@H](/C=C/[C@H](CCc2ccccc2)O[C@@H](C)OCC)[C@H](OC(C)OCC)C[C@@H]1OC(C)OCC. The number of carbonyl (C=O) groups is 1. The van der Waals surface area contributed by atoms with Gasteiger partial charge in [-0.15, -0.1) is 0 Å². The van der Waals surface area contributed by atoms with Crippen LogP contribution in [0.1, 0.15) is 99.5 Å². The maximum absolute atomic E-state index is 12.1. The van der Waals surface area contributed by atoms with Gasteiger partial charge in [-0.05, 0) is 99.0 Å². The Bertz CT molecular complexity index is 1020. The summed E-state index contributed by atoms with van der Waals surface area (Å²) in [5.41, 5.74) is 1.27. The zero-order valence-corrected chi connectivity index (χ0v) is 30.8. The van der Waals surface area contributed by atoms with Crippen LogP contribution in [0.2, 0.25) is 0 Å². The van der Waals surface area contributed by atoms with Crippen LogP contribution < -0.4 is 0 Å². The predicted molar refractivity (Wildman–Crippen MR) is 188 cm³/mol. The van der Waals surface area contributed by atoms with E-state index >= 15 is 0 Å². The minimum atomic E-state index is -0.521. The third-order valence-corrected chi connectivity index (χ3v) is 8.30. The molecule has 0 bridgehead atoms. The third-order valence-electron chi connectivity index (χ3n) is 8.30. The first kappa shape index (κ1) is 42.1. The van der Waals surface area contributed by atoms with Gasteiger partial charge in [0.25, 0.3) is 0 Å². The Hall–Kier alpha value is -2.11. The molecule has 1 aliphatic rings. The van der Waals surface area contributed by atoms with Crippen LogP contribution in [0, 0.1) is 11.8 Å².